The predicted octanol–water partition coefficient (Wildman–Crippen LogP) is 2.21. The van der Waals surface area contributed by atoms with Gasteiger partial charge < -0.3 is 4.74 Å². The van der Waals surface area contributed by atoms with Gasteiger partial charge in [0.2, 0.25) is 11.0 Å². The molecule has 4 rings (SSSR count). The van der Waals surface area contributed by atoms with Gasteiger partial charge in [0.15, 0.2) is 0 Å². The SMILES string of the molecule is CC(C)(C)c1nnc(NC(=O)CN2C[C@@H]3CCC[C@@H](C2)C3N2CCOCC2)s1. The summed E-state index contributed by atoms with van der Waals surface area (Å²) in [5, 5.41) is 12.9. The average Bonchev–Trinajstić information content (AvgIpc) is 3.10. The van der Waals surface area contributed by atoms with Crippen LogP contribution in [0.2, 0.25) is 0 Å². The molecule has 1 amide bonds. The minimum atomic E-state index is -0.0422. The standard InChI is InChI=1S/C20H33N5O2S/c1-20(2,3)18-22-23-19(28-18)21-16(26)13-24-11-14-5-4-6-15(12-24)17(14)25-7-9-27-10-8-25/h14-15,17H,4-13H2,1-3H3,(H,21,23,26)/t14-,15-/m0/s1. The molecule has 1 N–H and O–H groups in total. The van der Waals surface area contributed by atoms with Crippen LogP contribution in [-0.2, 0) is 14.9 Å². The molecule has 1 aliphatic carbocycles. The molecule has 156 valence electrons. The monoisotopic (exact) mass is 407 g/mol. The largest absolute Gasteiger partial charge is 0.379 e. The summed E-state index contributed by atoms with van der Waals surface area (Å²) in [6, 6.07) is 0.675. The third-order valence-corrected chi connectivity index (χ3v) is 7.51. The van der Waals surface area contributed by atoms with E-state index in [9.17, 15) is 4.79 Å². The van der Waals surface area contributed by atoms with E-state index in [4.69, 9.17) is 4.74 Å². The summed E-state index contributed by atoms with van der Waals surface area (Å²) < 4.78 is 5.55. The summed E-state index contributed by atoms with van der Waals surface area (Å²) in [6.45, 7) is 12.7. The van der Waals surface area contributed by atoms with Crippen LogP contribution in [0.5, 0.6) is 0 Å². The van der Waals surface area contributed by atoms with Crippen LogP contribution in [-0.4, -0.2) is 77.9 Å². The number of hydrogen-bond acceptors (Lipinski definition) is 7. The minimum Gasteiger partial charge on any atom is -0.379 e. The lowest BCUT2D eigenvalue weighted by Crippen LogP contribution is -2.60. The Balaban J connectivity index is 1.33. The molecule has 0 aromatic carbocycles. The number of hydrogen-bond donors (Lipinski definition) is 1. The van der Waals surface area contributed by atoms with Crippen molar-refractivity contribution in [1.82, 2.24) is 20.0 Å². The highest BCUT2D eigenvalue weighted by atomic mass is 32.1. The van der Waals surface area contributed by atoms with E-state index in [1.807, 2.05) is 0 Å². The molecule has 0 unspecified atom stereocenters. The molecular weight excluding hydrogens is 374 g/mol. The lowest BCUT2D eigenvalue weighted by molar-refractivity contribution is -0.119. The molecule has 28 heavy (non-hydrogen) atoms. The maximum absolute atomic E-state index is 12.6. The predicted molar refractivity (Wildman–Crippen MR) is 111 cm³/mol. The number of carbonyl (C=O) groups is 1. The Morgan fingerprint density at radius 2 is 1.86 bits per heavy atom. The fourth-order valence-electron chi connectivity index (χ4n) is 5.04. The van der Waals surface area contributed by atoms with Gasteiger partial charge in [-0.05, 0) is 24.7 Å². The Bertz CT molecular complexity index is 668. The van der Waals surface area contributed by atoms with Crippen LogP contribution in [0.4, 0.5) is 5.13 Å². The first-order chi connectivity index (χ1) is 13.4. The van der Waals surface area contributed by atoms with E-state index < -0.39 is 0 Å². The molecule has 1 aromatic heterocycles. The highest BCUT2D eigenvalue weighted by Crippen LogP contribution is 2.38. The molecule has 7 nitrogen and oxygen atoms in total. The highest BCUT2D eigenvalue weighted by molar-refractivity contribution is 7.15. The molecule has 8 heteroatoms. The molecule has 0 radical (unpaired) electrons. The number of nitrogens with one attached hydrogen (secondary N) is 1. The minimum absolute atomic E-state index is 0.0273. The van der Waals surface area contributed by atoms with Crippen molar-refractivity contribution in [3.63, 3.8) is 0 Å². The summed E-state index contributed by atoms with van der Waals surface area (Å²) in [6.07, 6.45) is 3.89. The Morgan fingerprint density at radius 3 is 2.46 bits per heavy atom. The van der Waals surface area contributed by atoms with Crippen molar-refractivity contribution in [1.29, 1.82) is 0 Å². The number of rotatable bonds is 4. The topological polar surface area (TPSA) is 70.6 Å². The van der Waals surface area contributed by atoms with Crippen LogP contribution in [0.25, 0.3) is 0 Å². The Kier molecular flexibility index (Phi) is 6.01. The molecule has 2 bridgehead atoms. The number of anilines is 1. The maximum Gasteiger partial charge on any atom is 0.240 e. The number of carbonyl (C=O) groups excluding carboxylic acids is 1. The molecule has 1 saturated carbocycles. The van der Waals surface area contributed by atoms with Crippen LogP contribution >= 0.6 is 11.3 Å². The third kappa shape index (κ3) is 4.56. The van der Waals surface area contributed by atoms with Gasteiger partial charge >= 0.3 is 0 Å². The second-order valence-corrected chi connectivity index (χ2v) is 10.5. The normalized spacial score (nSPS) is 29.6. The van der Waals surface area contributed by atoms with Crippen molar-refractivity contribution in [2.24, 2.45) is 11.8 Å². The summed E-state index contributed by atoms with van der Waals surface area (Å²) in [5.41, 5.74) is -0.0422. The third-order valence-electron chi connectivity index (χ3n) is 6.25. The maximum atomic E-state index is 12.6. The number of piperidine rings is 1. The first-order valence-corrected chi connectivity index (χ1v) is 11.4. The summed E-state index contributed by atoms with van der Waals surface area (Å²) in [4.78, 5) is 17.6. The molecule has 3 fully saturated rings. The van der Waals surface area contributed by atoms with Crippen molar-refractivity contribution >= 4 is 22.4 Å². The number of fused-ring (bicyclic) bond motifs is 2. The number of aromatic nitrogens is 2. The van der Waals surface area contributed by atoms with Crippen molar-refractivity contribution in [2.45, 2.75) is 51.5 Å². The van der Waals surface area contributed by atoms with Gasteiger partial charge in [0, 0.05) is 37.6 Å². The van der Waals surface area contributed by atoms with E-state index in [2.05, 4.69) is 46.1 Å². The van der Waals surface area contributed by atoms with Crippen LogP contribution < -0.4 is 5.32 Å². The van der Waals surface area contributed by atoms with Crippen LogP contribution in [0, 0.1) is 11.8 Å². The second-order valence-electron chi connectivity index (χ2n) is 9.49. The van der Waals surface area contributed by atoms with Gasteiger partial charge in [0.1, 0.15) is 5.01 Å². The van der Waals surface area contributed by atoms with Gasteiger partial charge in [0.05, 0.1) is 19.8 Å². The summed E-state index contributed by atoms with van der Waals surface area (Å²) >= 11 is 1.47. The smallest absolute Gasteiger partial charge is 0.240 e. The van der Waals surface area contributed by atoms with Gasteiger partial charge in [-0.25, -0.2) is 0 Å². The zero-order valence-electron chi connectivity index (χ0n) is 17.3. The van der Waals surface area contributed by atoms with Crippen molar-refractivity contribution in [2.75, 3.05) is 51.3 Å². The first kappa shape index (κ1) is 20.2. The Labute approximate surface area is 171 Å². The molecule has 3 aliphatic rings. The molecule has 2 aliphatic heterocycles. The van der Waals surface area contributed by atoms with E-state index in [1.54, 1.807) is 0 Å². The zero-order valence-corrected chi connectivity index (χ0v) is 18.1. The number of morpholine rings is 1. The van der Waals surface area contributed by atoms with Crippen LogP contribution in [0.3, 0.4) is 0 Å². The molecule has 2 saturated heterocycles. The fraction of sp³-hybridized carbons (Fsp3) is 0.850. The van der Waals surface area contributed by atoms with Gasteiger partial charge in [-0.2, -0.15) is 0 Å². The summed E-state index contributed by atoms with van der Waals surface area (Å²) in [7, 11) is 0. The lowest BCUT2D eigenvalue weighted by atomic mass is 9.72. The van der Waals surface area contributed by atoms with Gasteiger partial charge in [0.25, 0.3) is 0 Å². The lowest BCUT2D eigenvalue weighted by Gasteiger charge is -2.52. The zero-order chi connectivity index (χ0) is 19.7. The average molecular weight is 408 g/mol. The number of amides is 1. The first-order valence-electron chi connectivity index (χ1n) is 10.6. The van der Waals surface area contributed by atoms with E-state index >= 15 is 0 Å². The fourth-order valence-corrected chi connectivity index (χ4v) is 5.86. The molecule has 1 aromatic rings. The van der Waals surface area contributed by atoms with E-state index in [0.717, 1.165) is 44.4 Å². The van der Waals surface area contributed by atoms with Crippen molar-refractivity contribution in [3.05, 3.63) is 5.01 Å². The van der Waals surface area contributed by atoms with Crippen molar-refractivity contribution in [3.8, 4) is 0 Å². The van der Waals surface area contributed by atoms with E-state index in [-0.39, 0.29) is 11.3 Å². The highest BCUT2D eigenvalue weighted by Gasteiger charge is 2.42. The van der Waals surface area contributed by atoms with Crippen LogP contribution in [0.15, 0.2) is 0 Å². The van der Waals surface area contributed by atoms with Gasteiger partial charge in [-0.1, -0.05) is 38.5 Å². The number of nitrogens with zero attached hydrogens (tertiary/aromatic N) is 4. The summed E-state index contributed by atoms with van der Waals surface area (Å²) in [5.74, 6) is 1.37. The molecule has 2 atom stereocenters. The molecular formula is C20H33N5O2S. The second kappa shape index (κ2) is 8.34. The Morgan fingerprint density at radius 1 is 1.18 bits per heavy atom. The van der Waals surface area contributed by atoms with E-state index in [0.29, 0.717) is 29.6 Å². The quantitative estimate of drug-likeness (QED) is 0.825. The number of likely N-dealkylation sites (tertiary alicyclic amines) is 1. The molecule has 3 heterocycles. The van der Waals surface area contributed by atoms with Crippen molar-refractivity contribution < 1.29 is 9.53 Å². The van der Waals surface area contributed by atoms with E-state index in [1.165, 1.54) is 30.6 Å². The Hall–Kier alpha value is -1.09. The van der Waals surface area contributed by atoms with Gasteiger partial charge in [-0.3, -0.25) is 19.9 Å². The van der Waals surface area contributed by atoms with Crippen LogP contribution in [0.1, 0.15) is 45.0 Å². The van der Waals surface area contributed by atoms with Gasteiger partial charge in [-0.15, -0.1) is 10.2 Å². The molecule has 0 spiro atoms. The number of ether oxygens (including phenoxy) is 1.